The number of Topliss-reactive ketones (excluding diaryl/α,β-unsaturated/α-hetero) is 1. The van der Waals surface area contributed by atoms with Gasteiger partial charge in [0.1, 0.15) is 5.75 Å². The van der Waals surface area contributed by atoms with E-state index >= 15 is 0 Å². The van der Waals surface area contributed by atoms with E-state index in [1.807, 2.05) is 6.92 Å². The molecule has 0 fully saturated rings. The average molecular weight is 390 g/mol. The van der Waals surface area contributed by atoms with Gasteiger partial charge < -0.3 is 14.8 Å². The third kappa shape index (κ3) is 6.11. The normalized spacial score (nSPS) is 11.4. The highest BCUT2D eigenvalue weighted by molar-refractivity contribution is 6.30. The number of benzene rings is 2. The van der Waals surface area contributed by atoms with Crippen LogP contribution in [0, 0.1) is 6.92 Å². The number of amides is 1. The number of carbonyl (C=O) groups excluding carboxylic acids is 3. The zero-order valence-electron chi connectivity index (χ0n) is 15.2. The number of halogens is 1. The molecular weight excluding hydrogens is 370 g/mol. The summed E-state index contributed by atoms with van der Waals surface area (Å²) in [7, 11) is 0. The molecular formula is C20H20ClNO5. The van der Waals surface area contributed by atoms with Crippen molar-refractivity contribution in [2.24, 2.45) is 0 Å². The minimum atomic E-state index is -0.875. The van der Waals surface area contributed by atoms with Crippen LogP contribution < -0.4 is 10.1 Å². The number of ketones is 1. The maximum Gasteiger partial charge on any atom is 0.347 e. The van der Waals surface area contributed by atoms with Crippen LogP contribution in [-0.2, 0) is 14.3 Å². The highest BCUT2D eigenvalue weighted by Gasteiger charge is 2.19. The summed E-state index contributed by atoms with van der Waals surface area (Å²) in [6.07, 6.45) is -0.875. The lowest BCUT2D eigenvalue weighted by atomic mass is 10.1. The molecule has 0 bridgehead atoms. The van der Waals surface area contributed by atoms with E-state index in [4.69, 9.17) is 21.1 Å². The molecule has 0 aliphatic heterocycles. The standard InChI is InChI=1S/C20H20ClNO5/c1-12-10-16(21)6-9-19(12)27-13(2)20(25)26-11-18(24)15-4-7-17(8-5-15)22-14(3)23/h4-10,13H,11H2,1-3H3,(H,22,23). The molecule has 0 saturated carbocycles. The summed E-state index contributed by atoms with van der Waals surface area (Å²) in [5.41, 5.74) is 1.74. The van der Waals surface area contributed by atoms with Crippen LogP contribution in [0.3, 0.4) is 0 Å². The maximum atomic E-state index is 12.1. The molecule has 2 aromatic rings. The smallest absolute Gasteiger partial charge is 0.347 e. The Bertz CT molecular complexity index is 848. The second-order valence-corrected chi connectivity index (χ2v) is 6.40. The van der Waals surface area contributed by atoms with Crippen molar-refractivity contribution in [3.05, 3.63) is 58.6 Å². The second-order valence-electron chi connectivity index (χ2n) is 5.96. The number of nitrogens with one attached hydrogen (secondary N) is 1. The first kappa shape index (κ1) is 20.5. The van der Waals surface area contributed by atoms with E-state index < -0.39 is 18.7 Å². The molecule has 27 heavy (non-hydrogen) atoms. The van der Waals surface area contributed by atoms with Gasteiger partial charge in [0.15, 0.2) is 18.5 Å². The zero-order chi connectivity index (χ0) is 20.0. The number of carbonyl (C=O) groups is 3. The Labute approximate surface area is 162 Å². The summed E-state index contributed by atoms with van der Waals surface area (Å²) in [5, 5.41) is 3.18. The molecule has 1 N–H and O–H groups in total. The number of rotatable bonds is 7. The number of hydrogen-bond acceptors (Lipinski definition) is 5. The van der Waals surface area contributed by atoms with Crippen molar-refractivity contribution in [2.45, 2.75) is 26.9 Å². The van der Waals surface area contributed by atoms with Crippen LogP contribution in [-0.4, -0.2) is 30.4 Å². The van der Waals surface area contributed by atoms with Crippen LogP contribution >= 0.6 is 11.6 Å². The van der Waals surface area contributed by atoms with Gasteiger partial charge >= 0.3 is 5.97 Å². The fraction of sp³-hybridized carbons (Fsp3) is 0.250. The molecule has 2 rings (SSSR count). The summed E-state index contributed by atoms with van der Waals surface area (Å²) in [6.45, 7) is 4.36. The van der Waals surface area contributed by atoms with Gasteiger partial charge in [-0.25, -0.2) is 4.79 Å². The highest BCUT2D eigenvalue weighted by atomic mass is 35.5. The molecule has 0 aromatic heterocycles. The monoisotopic (exact) mass is 389 g/mol. The molecule has 1 atom stereocenters. The van der Waals surface area contributed by atoms with Crippen molar-refractivity contribution in [3.63, 3.8) is 0 Å². The van der Waals surface area contributed by atoms with Crippen LogP contribution in [0.5, 0.6) is 5.75 Å². The minimum absolute atomic E-state index is 0.201. The Morgan fingerprint density at radius 2 is 1.78 bits per heavy atom. The number of aryl methyl sites for hydroxylation is 1. The molecule has 0 saturated heterocycles. The first-order chi connectivity index (χ1) is 12.8. The second kappa shape index (κ2) is 9.19. The predicted octanol–water partition coefficient (Wildman–Crippen LogP) is 3.80. The van der Waals surface area contributed by atoms with Crippen molar-refractivity contribution in [1.29, 1.82) is 0 Å². The van der Waals surface area contributed by atoms with Crippen molar-refractivity contribution < 1.29 is 23.9 Å². The van der Waals surface area contributed by atoms with Crippen LogP contribution in [0.4, 0.5) is 5.69 Å². The Balaban J connectivity index is 1.88. The lowest BCUT2D eigenvalue weighted by molar-refractivity contribution is -0.149. The molecule has 1 unspecified atom stereocenters. The van der Waals surface area contributed by atoms with Gasteiger partial charge in [0, 0.05) is 23.2 Å². The molecule has 6 nitrogen and oxygen atoms in total. The summed E-state index contributed by atoms with van der Waals surface area (Å²) >= 11 is 5.89. The Hall–Kier alpha value is -2.86. The lowest BCUT2D eigenvalue weighted by Gasteiger charge is -2.15. The number of hydrogen-bond donors (Lipinski definition) is 1. The first-order valence-corrected chi connectivity index (χ1v) is 8.64. The molecule has 0 heterocycles. The van der Waals surface area contributed by atoms with Gasteiger partial charge in [-0.2, -0.15) is 0 Å². The van der Waals surface area contributed by atoms with Crippen LogP contribution in [0.2, 0.25) is 5.02 Å². The minimum Gasteiger partial charge on any atom is -0.479 e. The van der Waals surface area contributed by atoms with Gasteiger partial charge in [0.05, 0.1) is 0 Å². The number of esters is 1. The third-order valence-electron chi connectivity index (χ3n) is 3.65. The SMILES string of the molecule is CC(=O)Nc1ccc(C(=O)COC(=O)C(C)Oc2ccc(Cl)cc2C)cc1. The summed E-state index contributed by atoms with van der Waals surface area (Å²) < 4.78 is 10.6. The van der Waals surface area contributed by atoms with Crippen LogP contribution in [0.1, 0.15) is 29.8 Å². The van der Waals surface area contributed by atoms with Crippen LogP contribution in [0.25, 0.3) is 0 Å². The van der Waals surface area contributed by atoms with E-state index in [1.165, 1.54) is 6.92 Å². The lowest BCUT2D eigenvalue weighted by Crippen LogP contribution is -2.28. The quantitative estimate of drug-likeness (QED) is 0.575. The van der Waals surface area contributed by atoms with E-state index in [9.17, 15) is 14.4 Å². The molecule has 142 valence electrons. The average Bonchev–Trinajstić information content (AvgIpc) is 2.61. The molecule has 2 aromatic carbocycles. The first-order valence-electron chi connectivity index (χ1n) is 8.26. The largest absolute Gasteiger partial charge is 0.479 e. The Morgan fingerprint density at radius 3 is 2.37 bits per heavy atom. The molecule has 1 amide bonds. The van der Waals surface area contributed by atoms with Gasteiger partial charge in [-0.1, -0.05) is 11.6 Å². The van der Waals surface area contributed by atoms with E-state index in [0.717, 1.165) is 5.56 Å². The summed E-state index contributed by atoms with van der Waals surface area (Å²) in [5.74, 6) is -0.684. The van der Waals surface area contributed by atoms with Crippen LogP contribution in [0.15, 0.2) is 42.5 Å². The number of ether oxygens (including phenoxy) is 2. The van der Waals surface area contributed by atoms with Gasteiger partial charge in [-0.05, 0) is 61.9 Å². The molecule has 0 radical (unpaired) electrons. The van der Waals surface area contributed by atoms with Gasteiger partial charge in [0.2, 0.25) is 5.91 Å². The topological polar surface area (TPSA) is 81.7 Å². The third-order valence-corrected chi connectivity index (χ3v) is 3.88. The van der Waals surface area contributed by atoms with Crippen molar-refractivity contribution in [3.8, 4) is 5.75 Å². The van der Waals surface area contributed by atoms with E-state index in [1.54, 1.807) is 49.4 Å². The summed E-state index contributed by atoms with van der Waals surface area (Å²) in [4.78, 5) is 35.2. The summed E-state index contributed by atoms with van der Waals surface area (Å²) in [6, 6.07) is 11.4. The van der Waals surface area contributed by atoms with Crippen molar-refractivity contribution in [1.82, 2.24) is 0 Å². The predicted molar refractivity (Wildman–Crippen MR) is 102 cm³/mol. The molecule has 7 heteroatoms. The molecule has 0 aliphatic carbocycles. The van der Waals surface area contributed by atoms with Gasteiger partial charge in [-0.3, -0.25) is 9.59 Å². The van der Waals surface area contributed by atoms with Crippen molar-refractivity contribution >= 4 is 34.9 Å². The maximum absolute atomic E-state index is 12.1. The Morgan fingerprint density at radius 1 is 1.11 bits per heavy atom. The molecule has 0 spiro atoms. The van der Waals surface area contributed by atoms with E-state index in [0.29, 0.717) is 22.0 Å². The Kier molecular flexibility index (Phi) is 6.96. The van der Waals surface area contributed by atoms with E-state index in [-0.39, 0.29) is 11.7 Å². The van der Waals surface area contributed by atoms with Gasteiger partial charge in [0.25, 0.3) is 0 Å². The van der Waals surface area contributed by atoms with E-state index in [2.05, 4.69) is 5.32 Å². The van der Waals surface area contributed by atoms with Gasteiger partial charge in [-0.15, -0.1) is 0 Å². The fourth-order valence-corrected chi connectivity index (χ4v) is 2.49. The zero-order valence-corrected chi connectivity index (χ0v) is 16.0. The molecule has 0 aliphatic rings. The number of anilines is 1. The highest BCUT2D eigenvalue weighted by Crippen LogP contribution is 2.23. The fourth-order valence-electron chi connectivity index (χ4n) is 2.26. The van der Waals surface area contributed by atoms with Crippen molar-refractivity contribution in [2.75, 3.05) is 11.9 Å².